The molecule has 0 radical (unpaired) electrons. The van der Waals surface area contributed by atoms with Crippen molar-refractivity contribution >= 4 is 0 Å². The topological polar surface area (TPSA) is 17.0 Å². The van der Waals surface area contributed by atoms with Crippen LogP contribution in [-0.4, -0.2) is 11.1 Å². The van der Waals surface area contributed by atoms with Crippen LogP contribution in [0.25, 0.3) is 0 Å². The molecule has 0 amide bonds. The minimum absolute atomic E-state index is 0.951. The lowest BCUT2D eigenvalue weighted by Crippen LogP contribution is -2.16. The highest BCUT2D eigenvalue weighted by molar-refractivity contribution is 5.25. The first-order valence-electron chi connectivity index (χ1n) is 6.12. The van der Waals surface area contributed by atoms with Crippen LogP contribution in [0.5, 0.6) is 0 Å². The summed E-state index contributed by atoms with van der Waals surface area (Å²) >= 11 is 0. The number of nitrogens with zero attached hydrogens (tertiary/aromatic N) is 1. The second-order valence-electron chi connectivity index (χ2n) is 4.54. The van der Waals surface area contributed by atoms with Gasteiger partial charge >= 0.3 is 0 Å². The molecule has 0 fully saturated rings. The van der Waals surface area contributed by atoms with Gasteiger partial charge in [-0.15, -0.1) is 0 Å². The van der Waals surface area contributed by atoms with Crippen LogP contribution in [0.2, 0.25) is 0 Å². The van der Waals surface area contributed by atoms with Crippen LogP contribution in [0.4, 0.5) is 0 Å². The zero-order valence-electron chi connectivity index (χ0n) is 10.6. The molecule has 2 aromatic rings. The Hall–Kier alpha value is -1.54. The maximum absolute atomic E-state index is 3.48. The van der Waals surface area contributed by atoms with Crippen molar-refractivity contribution in [3.8, 4) is 0 Å². The summed E-state index contributed by atoms with van der Waals surface area (Å²) in [4.78, 5) is 0. The fourth-order valence-electron chi connectivity index (χ4n) is 2.01. The molecule has 17 heavy (non-hydrogen) atoms. The molecule has 0 atom stereocenters. The van der Waals surface area contributed by atoms with E-state index in [-0.39, 0.29) is 0 Å². The van der Waals surface area contributed by atoms with E-state index in [2.05, 4.69) is 66.6 Å². The Morgan fingerprint density at radius 3 is 2.71 bits per heavy atom. The maximum Gasteiger partial charge on any atom is 0.0220 e. The van der Waals surface area contributed by atoms with E-state index < -0.39 is 0 Å². The van der Waals surface area contributed by atoms with Crippen molar-refractivity contribution in [1.29, 1.82) is 0 Å². The highest BCUT2D eigenvalue weighted by atomic mass is 14.9. The second kappa shape index (κ2) is 5.69. The molecule has 0 saturated heterocycles. The number of hydrogen-bond donors (Lipinski definition) is 1. The summed E-state index contributed by atoms with van der Waals surface area (Å²) < 4.78 is 2.08. The predicted octanol–water partition coefficient (Wildman–Crippen LogP) is 2.67. The third-order valence-electron chi connectivity index (χ3n) is 3.05. The lowest BCUT2D eigenvalue weighted by atomic mass is 10.1. The summed E-state index contributed by atoms with van der Waals surface area (Å²) in [5.41, 5.74) is 4.17. The van der Waals surface area contributed by atoms with Gasteiger partial charge in [0.2, 0.25) is 0 Å². The molecule has 90 valence electrons. The molecule has 2 nitrogen and oxygen atoms in total. The smallest absolute Gasteiger partial charge is 0.0220 e. The van der Waals surface area contributed by atoms with Crippen LogP contribution in [0.1, 0.15) is 16.7 Å². The Balaban J connectivity index is 1.75. The van der Waals surface area contributed by atoms with E-state index in [1.807, 2.05) is 0 Å². The molecule has 0 bridgehead atoms. The molecular weight excluding hydrogens is 208 g/mol. The normalized spacial score (nSPS) is 10.7. The van der Waals surface area contributed by atoms with Crippen LogP contribution in [0, 0.1) is 6.92 Å². The molecule has 1 aromatic carbocycles. The Morgan fingerprint density at radius 1 is 1.18 bits per heavy atom. The number of nitrogens with one attached hydrogen (secondary N) is 1. The van der Waals surface area contributed by atoms with Crippen molar-refractivity contribution in [1.82, 2.24) is 9.88 Å². The molecular formula is C15H20N2. The monoisotopic (exact) mass is 228 g/mol. The highest BCUT2D eigenvalue weighted by Gasteiger charge is 1.97. The van der Waals surface area contributed by atoms with Crippen molar-refractivity contribution < 1.29 is 0 Å². The van der Waals surface area contributed by atoms with E-state index in [4.69, 9.17) is 0 Å². The molecule has 0 aliphatic rings. The Bertz CT molecular complexity index is 471. The molecule has 1 N–H and O–H groups in total. The van der Waals surface area contributed by atoms with Gasteiger partial charge in [0, 0.05) is 26.0 Å². The molecule has 2 rings (SSSR count). The van der Waals surface area contributed by atoms with Crippen LogP contribution >= 0.6 is 0 Å². The summed E-state index contributed by atoms with van der Waals surface area (Å²) in [5, 5.41) is 3.48. The average molecular weight is 228 g/mol. The van der Waals surface area contributed by atoms with Gasteiger partial charge in [-0.05, 0) is 42.6 Å². The van der Waals surface area contributed by atoms with Gasteiger partial charge in [-0.2, -0.15) is 0 Å². The van der Waals surface area contributed by atoms with E-state index >= 15 is 0 Å². The van der Waals surface area contributed by atoms with Gasteiger partial charge in [0.25, 0.3) is 0 Å². The Labute approximate surface area is 103 Å². The first kappa shape index (κ1) is 11.9. The molecule has 0 saturated carbocycles. The second-order valence-corrected chi connectivity index (χ2v) is 4.54. The lowest BCUT2D eigenvalue weighted by Gasteiger charge is -2.06. The van der Waals surface area contributed by atoms with E-state index in [9.17, 15) is 0 Å². The van der Waals surface area contributed by atoms with Crippen molar-refractivity contribution in [3.05, 3.63) is 59.4 Å². The number of hydrogen-bond acceptors (Lipinski definition) is 1. The van der Waals surface area contributed by atoms with E-state index in [0.29, 0.717) is 0 Å². The quantitative estimate of drug-likeness (QED) is 0.779. The van der Waals surface area contributed by atoms with Gasteiger partial charge in [-0.1, -0.05) is 24.3 Å². The van der Waals surface area contributed by atoms with E-state index in [1.165, 1.54) is 16.7 Å². The zero-order valence-corrected chi connectivity index (χ0v) is 10.6. The van der Waals surface area contributed by atoms with Gasteiger partial charge < -0.3 is 9.88 Å². The van der Waals surface area contributed by atoms with Gasteiger partial charge in [0.05, 0.1) is 0 Å². The van der Waals surface area contributed by atoms with Crippen molar-refractivity contribution in [3.63, 3.8) is 0 Å². The van der Waals surface area contributed by atoms with Crippen LogP contribution < -0.4 is 5.32 Å². The predicted molar refractivity (Wildman–Crippen MR) is 72.0 cm³/mol. The summed E-state index contributed by atoms with van der Waals surface area (Å²) in [6.07, 6.45) is 5.33. The lowest BCUT2D eigenvalue weighted by molar-refractivity contribution is 0.684. The van der Waals surface area contributed by atoms with Crippen molar-refractivity contribution in [2.45, 2.75) is 19.9 Å². The molecule has 0 aliphatic carbocycles. The highest BCUT2D eigenvalue weighted by Crippen LogP contribution is 2.07. The molecule has 2 heteroatoms. The minimum atomic E-state index is 0.951. The minimum Gasteiger partial charge on any atom is -0.357 e. The zero-order chi connectivity index (χ0) is 12.1. The summed E-state index contributed by atoms with van der Waals surface area (Å²) in [6, 6.07) is 10.7. The Kier molecular flexibility index (Phi) is 3.99. The maximum atomic E-state index is 3.48. The van der Waals surface area contributed by atoms with Gasteiger partial charge in [0.1, 0.15) is 0 Å². The van der Waals surface area contributed by atoms with Gasteiger partial charge in [-0.25, -0.2) is 0 Å². The van der Waals surface area contributed by atoms with Crippen LogP contribution in [-0.2, 0) is 20.0 Å². The Morgan fingerprint density at radius 2 is 2.00 bits per heavy atom. The third-order valence-corrected chi connectivity index (χ3v) is 3.05. The molecule has 0 spiro atoms. The summed E-state index contributed by atoms with van der Waals surface area (Å²) in [7, 11) is 2.05. The fourth-order valence-corrected chi connectivity index (χ4v) is 2.01. The van der Waals surface area contributed by atoms with Crippen molar-refractivity contribution in [2.75, 3.05) is 6.54 Å². The fraction of sp³-hybridized carbons (Fsp3) is 0.333. The molecule has 1 heterocycles. The number of aryl methyl sites for hydroxylation is 2. The SMILES string of the molecule is Cc1ccccc1CCNCc1ccn(C)c1. The molecule has 1 aromatic heterocycles. The average Bonchev–Trinajstić information content (AvgIpc) is 2.73. The standard InChI is InChI=1S/C15H20N2/c1-13-5-3-4-6-15(13)7-9-16-11-14-8-10-17(2)12-14/h3-6,8,10,12,16H,7,9,11H2,1-2H3. The van der Waals surface area contributed by atoms with E-state index in [1.54, 1.807) is 0 Å². The third kappa shape index (κ3) is 3.46. The van der Waals surface area contributed by atoms with Crippen molar-refractivity contribution in [2.24, 2.45) is 7.05 Å². The number of aromatic nitrogens is 1. The van der Waals surface area contributed by atoms with Gasteiger partial charge in [-0.3, -0.25) is 0 Å². The van der Waals surface area contributed by atoms with Gasteiger partial charge in [0.15, 0.2) is 0 Å². The van der Waals surface area contributed by atoms with Crippen LogP contribution in [0.3, 0.4) is 0 Å². The number of rotatable bonds is 5. The van der Waals surface area contributed by atoms with E-state index in [0.717, 1.165) is 19.5 Å². The first-order chi connectivity index (χ1) is 8.25. The largest absolute Gasteiger partial charge is 0.357 e. The summed E-state index contributed by atoms with van der Waals surface area (Å²) in [5.74, 6) is 0. The van der Waals surface area contributed by atoms with Crippen LogP contribution in [0.15, 0.2) is 42.7 Å². The number of benzene rings is 1. The molecule has 0 aliphatic heterocycles. The summed E-state index contributed by atoms with van der Waals surface area (Å²) in [6.45, 7) is 4.15. The first-order valence-corrected chi connectivity index (χ1v) is 6.12. The molecule has 0 unspecified atom stereocenters.